The van der Waals surface area contributed by atoms with E-state index >= 15 is 0 Å². The maximum Gasteiger partial charge on any atom is 0.227 e. The fourth-order valence-electron chi connectivity index (χ4n) is 2.61. The van der Waals surface area contributed by atoms with Crippen molar-refractivity contribution in [2.75, 3.05) is 10.6 Å². The third kappa shape index (κ3) is 5.50. The topological polar surface area (TPSA) is 97.1 Å². The molecule has 3 rings (SSSR count). The third-order valence-corrected chi connectivity index (χ3v) is 4.40. The fourth-order valence-corrected chi connectivity index (χ4v) is 2.61. The van der Waals surface area contributed by atoms with Gasteiger partial charge in [-0.05, 0) is 36.8 Å². The van der Waals surface area contributed by atoms with E-state index in [0.717, 1.165) is 0 Å². The highest BCUT2D eigenvalue weighted by Gasteiger charge is 2.13. The predicted octanol–water partition coefficient (Wildman–Crippen LogP) is 4.35. The number of nitrogens with zero attached hydrogens (tertiary/aromatic N) is 2. The second kappa shape index (κ2) is 9.30. The number of amides is 2. The number of nitrogens with one attached hydrogen (secondary N) is 2. The lowest BCUT2D eigenvalue weighted by Gasteiger charge is -2.10. The maximum absolute atomic E-state index is 13.7. The standard InChI is InChI=1S/C22H23FN4O3/c1-13(2)22(29)25-17-6-4-5-16(12-17)24-19(28)9-10-20-26-21(27-30-20)15-8-7-14(3)18(23)11-15/h4-8,11-13H,9-10H2,1-3H3,(H,24,28)(H,25,29). The average molecular weight is 410 g/mol. The molecule has 156 valence electrons. The Hall–Kier alpha value is -3.55. The van der Waals surface area contributed by atoms with Crippen LogP contribution >= 0.6 is 0 Å². The van der Waals surface area contributed by atoms with E-state index in [4.69, 9.17) is 4.52 Å². The van der Waals surface area contributed by atoms with E-state index in [9.17, 15) is 14.0 Å². The smallest absolute Gasteiger partial charge is 0.227 e. The summed E-state index contributed by atoms with van der Waals surface area (Å²) in [6.07, 6.45) is 0.378. The quantitative estimate of drug-likeness (QED) is 0.604. The second-order valence-corrected chi connectivity index (χ2v) is 7.25. The molecular weight excluding hydrogens is 387 g/mol. The van der Waals surface area contributed by atoms with Crippen LogP contribution in [-0.4, -0.2) is 22.0 Å². The van der Waals surface area contributed by atoms with Crippen LogP contribution < -0.4 is 10.6 Å². The Morgan fingerprint density at radius 1 is 1.10 bits per heavy atom. The summed E-state index contributed by atoms with van der Waals surface area (Å²) in [4.78, 5) is 28.3. The summed E-state index contributed by atoms with van der Waals surface area (Å²) in [7, 11) is 0. The van der Waals surface area contributed by atoms with Crippen LogP contribution in [0, 0.1) is 18.7 Å². The molecule has 0 bridgehead atoms. The largest absolute Gasteiger partial charge is 0.339 e. The summed E-state index contributed by atoms with van der Waals surface area (Å²) in [6.45, 7) is 5.28. The lowest BCUT2D eigenvalue weighted by Crippen LogP contribution is -2.18. The minimum Gasteiger partial charge on any atom is -0.339 e. The van der Waals surface area contributed by atoms with Gasteiger partial charge in [0.05, 0.1) is 0 Å². The van der Waals surface area contributed by atoms with Crippen LogP contribution in [0.1, 0.15) is 31.7 Å². The van der Waals surface area contributed by atoms with Gasteiger partial charge in [-0.15, -0.1) is 0 Å². The van der Waals surface area contributed by atoms with Gasteiger partial charge < -0.3 is 15.2 Å². The predicted molar refractivity (Wildman–Crippen MR) is 111 cm³/mol. The van der Waals surface area contributed by atoms with E-state index in [0.29, 0.717) is 28.4 Å². The van der Waals surface area contributed by atoms with Gasteiger partial charge in [0.2, 0.25) is 23.5 Å². The number of aryl methyl sites for hydroxylation is 2. The molecular formula is C22H23FN4O3. The van der Waals surface area contributed by atoms with E-state index in [1.807, 2.05) is 0 Å². The first kappa shape index (κ1) is 21.2. The summed E-state index contributed by atoms with van der Waals surface area (Å²) < 4.78 is 18.9. The first-order valence-electron chi connectivity index (χ1n) is 9.61. The number of anilines is 2. The van der Waals surface area contributed by atoms with Crippen molar-refractivity contribution in [3.8, 4) is 11.4 Å². The van der Waals surface area contributed by atoms with E-state index in [1.165, 1.54) is 6.07 Å². The highest BCUT2D eigenvalue weighted by Crippen LogP contribution is 2.20. The molecule has 0 aliphatic heterocycles. The van der Waals surface area contributed by atoms with Gasteiger partial charge in [-0.2, -0.15) is 4.98 Å². The Morgan fingerprint density at radius 2 is 1.83 bits per heavy atom. The normalized spacial score (nSPS) is 10.8. The van der Waals surface area contributed by atoms with Crippen molar-refractivity contribution in [1.82, 2.24) is 10.1 Å². The van der Waals surface area contributed by atoms with Crippen molar-refractivity contribution >= 4 is 23.2 Å². The van der Waals surface area contributed by atoms with Crippen LogP contribution in [-0.2, 0) is 16.0 Å². The summed E-state index contributed by atoms with van der Waals surface area (Å²) in [6, 6.07) is 11.6. The number of aromatic nitrogens is 2. The summed E-state index contributed by atoms with van der Waals surface area (Å²) in [5, 5.41) is 9.41. The number of hydrogen-bond acceptors (Lipinski definition) is 5. The van der Waals surface area contributed by atoms with Crippen molar-refractivity contribution in [2.45, 2.75) is 33.6 Å². The van der Waals surface area contributed by atoms with Crippen molar-refractivity contribution in [3.05, 3.63) is 59.7 Å². The lowest BCUT2D eigenvalue weighted by atomic mass is 10.1. The Balaban J connectivity index is 1.56. The Morgan fingerprint density at radius 3 is 2.53 bits per heavy atom. The molecule has 0 atom stereocenters. The van der Waals surface area contributed by atoms with Gasteiger partial charge in [0, 0.05) is 35.7 Å². The molecule has 1 heterocycles. The fraction of sp³-hybridized carbons (Fsp3) is 0.273. The monoisotopic (exact) mass is 410 g/mol. The molecule has 0 aliphatic rings. The minimum absolute atomic E-state index is 0.0980. The molecule has 0 spiro atoms. The van der Waals surface area contributed by atoms with Crippen LogP contribution in [0.25, 0.3) is 11.4 Å². The molecule has 8 heteroatoms. The number of benzene rings is 2. The number of rotatable bonds is 7. The highest BCUT2D eigenvalue weighted by molar-refractivity contribution is 5.94. The highest BCUT2D eigenvalue weighted by atomic mass is 19.1. The molecule has 2 amide bonds. The molecule has 0 saturated carbocycles. The Labute approximate surface area is 173 Å². The van der Waals surface area contributed by atoms with Crippen LogP contribution in [0.2, 0.25) is 0 Å². The van der Waals surface area contributed by atoms with Gasteiger partial charge >= 0.3 is 0 Å². The molecule has 30 heavy (non-hydrogen) atoms. The van der Waals surface area contributed by atoms with Gasteiger partial charge in [-0.1, -0.05) is 37.2 Å². The van der Waals surface area contributed by atoms with Crippen molar-refractivity contribution in [3.63, 3.8) is 0 Å². The number of hydrogen-bond donors (Lipinski definition) is 2. The minimum atomic E-state index is -0.343. The van der Waals surface area contributed by atoms with Crippen molar-refractivity contribution < 1.29 is 18.5 Å². The van der Waals surface area contributed by atoms with Gasteiger partial charge in [0.25, 0.3) is 0 Å². The molecule has 7 nitrogen and oxygen atoms in total. The lowest BCUT2D eigenvalue weighted by molar-refractivity contribution is -0.119. The van der Waals surface area contributed by atoms with Crippen LogP contribution in [0.4, 0.5) is 15.8 Å². The van der Waals surface area contributed by atoms with Gasteiger partial charge in [-0.3, -0.25) is 9.59 Å². The van der Waals surface area contributed by atoms with Gasteiger partial charge in [-0.25, -0.2) is 4.39 Å². The molecule has 1 aromatic heterocycles. The van der Waals surface area contributed by atoms with Crippen LogP contribution in [0.5, 0.6) is 0 Å². The average Bonchev–Trinajstić information content (AvgIpc) is 3.18. The number of carbonyl (C=O) groups excluding carboxylic acids is 2. The second-order valence-electron chi connectivity index (χ2n) is 7.25. The van der Waals surface area contributed by atoms with E-state index in [-0.39, 0.29) is 42.2 Å². The maximum atomic E-state index is 13.7. The molecule has 0 unspecified atom stereocenters. The first-order valence-corrected chi connectivity index (χ1v) is 9.61. The van der Waals surface area contributed by atoms with Crippen LogP contribution in [0.3, 0.4) is 0 Å². The summed E-state index contributed by atoms with van der Waals surface area (Å²) >= 11 is 0. The zero-order valence-corrected chi connectivity index (χ0v) is 17.0. The number of halogens is 1. The van der Waals surface area contributed by atoms with E-state index in [2.05, 4.69) is 20.8 Å². The van der Waals surface area contributed by atoms with E-state index in [1.54, 1.807) is 57.2 Å². The van der Waals surface area contributed by atoms with Crippen LogP contribution in [0.15, 0.2) is 47.0 Å². The molecule has 2 N–H and O–H groups in total. The summed E-state index contributed by atoms with van der Waals surface area (Å²) in [5.41, 5.74) is 2.23. The SMILES string of the molecule is Cc1ccc(-c2noc(CCC(=O)Nc3cccc(NC(=O)C(C)C)c3)n2)cc1F. The molecule has 0 saturated heterocycles. The zero-order chi connectivity index (χ0) is 21.7. The molecule has 0 aliphatic carbocycles. The Kier molecular flexibility index (Phi) is 6.56. The zero-order valence-electron chi connectivity index (χ0n) is 17.0. The van der Waals surface area contributed by atoms with Gasteiger partial charge in [0.1, 0.15) is 5.82 Å². The summed E-state index contributed by atoms with van der Waals surface area (Å²) in [5.74, 6) is -0.247. The first-order chi connectivity index (χ1) is 14.3. The van der Waals surface area contributed by atoms with Crippen molar-refractivity contribution in [1.29, 1.82) is 0 Å². The van der Waals surface area contributed by atoms with E-state index < -0.39 is 0 Å². The van der Waals surface area contributed by atoms with Gasteiger partial charge in [0.15, 0.2) is 0 Å². The molecule has 0 radical (unpaired) electrons. The third-order valence-electron chi connectivity index (χ3n) is 4.40. The molecule has 3 aromatic rings. The Bertz CT molecular complexity index is 1060. The molecule has 2 aromatic carbocycles. The number of carbonyl (C=O) groups is 2. The molecule has 0 fully saturated rings. The van der Waals surface area contributed by atoms with Crippen molar-refractivity contribution in [2.24, 2.45) is 5.92 Å².